The number of thiazole rings is 1. The summed E-state index contributed by atoms with van der Waals surface area (Å²) in [6.07, 6.45) is 2.35. The number of carbonyl (C=O) groups is 1. The lowest BCUT2D eigenvalue weighted by Crippen LogP contribution is -2.14. The molecule has 27 heavy (non-hydrogen) atoms. The first kappa shape index (κ1) is 20.1. The molecule has 9 heteroatoms. The first-order valence-corrected chi connectivity index (χ1v) is 12.2. The van der Waals surface area contributed by atoms with Gasteiger partial charge in [0.1, 0.15) is 0 Å². The van der Waals surface area contributed by atoms with Crippen molar-refractivity contribution in [1.82, 2.24) is 4.98 Å². The molecule has 0 radical (unpaired) electrons. The standard InChI is InChI=1S/C18H17ClN2O3S3/c1-25-13-6-9-15-16(11-13)26-18(20-15)21-17(22)3-2-10-27(23,24)14-7-4-12(19)5-8-14/h4-9,11H,2-3,10H2,1H3,(H,20,21,22). The summed E-state index contributed by atoms with van der Waals surface area (Å²) < 4.78 is 25.6. The normalized spacial score (nSPS) is 11.6. The van der Waals surface area contributed by atoms with E-state index in [2.05, 4.69) is 10.3 Å². The number of anilines is 1. The number of hydrogen-bond donors (Lipinski definition) is 1. The van der Waals surface area contributed by atoms with Crippen LogP contribution in [-0.4, -0.2) is 31.3 Å². The number of thioether (sulfide) groups is 1. The summed E-state index contributed by atoms with van der Waals surface area (Å²) in [6, 6.07) is 12.0. The van der Waals surface area contributed by atoms with E-state index in [1.165, 1.54) is 35.6 Å². The summed E-state index contributed by atoms with van der Waals surface area (Å²) >= 11 is 8.83. The van der Waals surface area contributed by atoms with Gasteiger partial charge in [0.2, 0.25) is 5.91 Å². The Bertz CT molecular complexity index is 1060. The van der Waals surface area contributed by atoms with Crippen LogP contribution < -0.4 is 5.32 Å². The molecule has 0 aliphatic carbocycles. The van der Waals surface area contributed by atoms with E-state index in [4.69, 9.17) is 11.6 Å². The maximum atomic E-state index is 12.3. The number of aromatic nitrogens is 1. The van der Waals surface area contributed by atoms with E-state index in [0.29, 0.717) is 10.2 Å². The third-order valence-corrected chi connectivity index (χ3v) is 7.56. The number of halogens is 1. The van der Waals surface area contributed by atoms with Crippen molar-refractivity contribution in [2.75, 3.05) is 17.3 Å². The van der Waals surface area contributed by atoms with Crippen LogP contribution >= 0.6 is 34.7 Å². The van der Waals surface area contributed by atoms with Crippen LogP contribution in [0.4, 0.5) is 5.13 Å². The third kappa shape index (κ3) is 5.22. The van der Waals surface area contributed by atoms with Crippen molar-refractivity contribution in [3.05, 3.63) is 47.5 Å². The zero-order chi connectivity index (χ0) is 19.4. The molecule has 0 atom stereocenters. The van der Waals surface area contributed by atoms with Crippen LogP contribution in [0.5, 0.6) is 0 Å². The Hall–Kier alpha value is -1.61. The van der Waals surface area contributed by atoms with Crippen molar-refractivity contribution in [3.63, 3.8) is 0 Å². The predicted octanol–water partition coefficient (Wildman–Crippen LogP) is 4.86. The fourth-order valence-corrected chi connectivity index (χ4v) is 5.32. The molecular formula is C18H17ClN2O3S3. The maximum absolute atomic E-state index is 12.3. The number of hydrogen-bond acceptors (Lipinski definition) is 6. The highest BCUT2D eigenvalue weighted by Gasteiger charge is 2.15. The minimum absolute atomic E-state index is 0.0982. The van der Waals surface area contributed by atoms with Gasteiger partial charge < -0.3 is 5.32 Å². The van der Waals surface area contributed by atoms with Gasteiger partial charge in [-0.15, -0.1) is 11.8 Å². The molecule has 0 saturated heterocycles. The highest BCUT2D eigenvalue weighted by molar-refractivity contribution is 7.98. The van der Waals surface area contributed by atoms with Crippen LogP contribution in [0.15, 0.2) is 52.3 Å². The summed E-state index contributed by atoms with van der Waals surface area (Å²) in [6.45, 7) is 0. The number of sulfone groups is 1. The summed E-state index contributed by atoms with van der Waals surface area (Å²) in [4.78, 5) is 17.9. The molecule has 0 fully saturated rings. The molecule has 3 aromatic rings. The van der Waals surface area contributed by atoms with E-state index in [9.17, 15) is 13.2 Å². The molecule has 0 aliphatic heterocycles. The molecule has 1 N–H and O–H groups in total. The van der Waals surface area contributed by atoms with E-state index in [-0.39, 0.29) is 29.4 Å². The van der Waals surface area contributed by atoms with E-state index in [1.54, 1.807) is 11.8 Å². The lowest BCUT2D eigenvalue weighted by Gasteiger charge is -2.05. The zero-order valence-electron chi connectivity index (χ0n) is 14.4. The summed E-state index contributed by atoms with van der Waals surface area (Å²) in [7, 11) is -3.43. The van der Waals surface area contributed by atoms with Crippen molar-refractivity contribution >= 4 is 65.8 Å². The second-order valence-electron chi connectivity index (χ2n) is 5.78. The quantitative estimate of drug-likeness (QED) is 0.530. The molecular weight excluding hydrogens is 424 g/mol. The van der Waals surface area contributed by atoms with Gasteiger partial charge >= 0.3 is 0 Å². The molecule has 3 rings (SSSR count). The Morgan fingerprint density at radius 2 is 1.96 bits per heavy atom. The molecule has 0 unspecified atom stereocenters. The van der Waals surface area contributed by atoms with Crippen molar-refractivity contribution < 1.29 is 13.2 Å². The van der Waals surface area contributed by atoms with Crippen LogP contribution in [0.25, 0.3) is 10.2 Å². The van der Waals surface area contributed by atoms with E-state index in [0.717, 1.165) is 15.1 Å². The van der Waals surface area contributed by atoms with E-state index >= 15 is 0 Å². The average Bonchev–Trinajstić information content (AvgIpc) is 3.02. The predicted molar refractivity (Wildman–Crippen MR) is 113 cm³/mol. The number of carbonyl (C=O) groups excluding carboxylic acids is 1. The number of nitrogens with zero attached hydrogens (tertiary/aromatic N) is 1. The number of rotatable bonds is 7. The summed E-state index contributed by atoms with van der Waals surface area (Å²) in [5.74, 6) is -0.343. The Morgan fingerprint density at radius 3 is 2.67 bits per heavy atom. The van der Waals surface area contributed by atoms with Crippen molar-refractivity contribution in [3.8, 4) is 0 Å². The van der Waals surface area contributed by atoms with Gasteiger partial charge in [-0.2, -0.15) is 0 Å². The Labute approximate surface area is 171 Å². The first-order chi connectivity index (χ1) is 12.9. The third-order valence-electron chi connectivity index (χ3n) is 3.83. The van der Waals surface area contributed by atoms with Gasteiger partial charge in [0.15, 0.2) is 15.0 Å². The molecule has 0 aliphatic rings. The van der Waals surface area contributed by atoms with Crippen LogP contribution in [-0.2, 0) is 14.6 Å². The van der Waals surface area contributed by atoms with Crippen molar-refractivity contribution in [2.24, 2.45) is 0 Å². The molecule has 1 amide bonds. The number of amides is 1. The first-order valence-electron chi connectivity index (χ1n) is 8.10. The highest BCUT2D eigenvalue weighted by Crippen LogP contribution is 2.29. The van der Waals surface area contributed by atoms with Gasteiger partial charge in [0.05, 0.1) is 20.9 Å². The van der Waals surface area contributed by atoms with Crippen LogP contribution in [0.2, 0.25) is 5.02 Å². The molecule has 5 nitrogen and oxygen atoms in total. The van der Waals surface area contributed by atoms with Gasteiger partial charge in [0, 0.05) is 16.3 Å². The van der Waals surface area contributed by atoms with Crippen molar-refractivity contribution in [1.29, 1.82) is 0 Å². The Morgan fingerprint density at radius 1 is 1.22 bits per heavy atom. The monoisotopic (exact) mass is 440 g/mol. The molecule has 0 bridgehead atoms. The summed E-state index contributed by atoms with van der Waals surface area (Å²) in [5, 5.41) is 3.75. The van der Waals surface area contributed by atoms with Gasteiger partial charge in [-0.3, -0.25) is 4.79 Å². The topological polar surface area (TPSA) is 76.1 Å². The van der Waals surface area contributed by atoms with Crippen molar-refractivity contribution in [2.45, 2.75) is 22.6 Å². The second kappa shape index (κ2) is 8.60. The van der Waals surface area contributed by atoms with Gasteiger partial charge in [-0.05, 0) is 55.1 Å². The molecule has 0 spiro atoms. The zero-order valence-corrected chi connectivity index (χ0v) is 17.6. The van der Waals surface area contributed by atoms with E-state index < -0.39 is 9.84 Å². The maximum Gasteiger partial charge on any atom is 0.226 e. The Balaban J connectivity index is 1.56. The average molecular weight is 441 g/mol. The number of fused-ring (bicyclic) bond motifs is 1. The Kier molecular flexibility index (Phi) is 6.41. The molecule has 0 saturated carbocycles. The number of nitrogens with one attached hydrogen (secondary N) is 1. The highest BCUT2D eigenvalue weighted by atomic mass is 35.5. The fourth-order valence-electron chi connectivity index (χ4n) is 2.45. The SMILES string of the molecule is CSc1ccc2nc(NC(=O)CCCS(=O)(=O)c3ccc(Cl)cc3)sc2c1. The van der Waals surface area contributed by atoms with Crippen LogP contribution in [0.1, 0.15) is 12.8 Å². The smallest absolute Gasteiger partial charge is 0.226 e. The van der Waals surface area contributed by atoms with Crippen LogP contribution in [0, 0.1) is 0 Å². The minimum Gasteiger partial charge on any atom is -0.302 e. The molecule has 2 aromatic carbocycles. The molecule has 142 valence electrons. The largest absolute Gasteiger partial charge is 0.302 e. The number of benzene rings is 2. The van der Waals surface area contributed by atoms with Gasteiger partial charge in [-0.1, -0.05) is 22.9 Å². The van der Waals surface area contributed by atoms with Crippen LogP contribution in [0.3, 0.4) is 0 Å². The van der Waals surface area contributed by atoms with E-state index in [1.807, 2.05) is 24.5 Å². The lowest BCUT2D eigenvalue weighted by atomic mass is 10.3. The fraction of sp³-hybridized carbons (Fsp3) is 0.222. The second-order valence-corrected chi connectivity index (χ2v) is 10.2. The van der Waals surface area contributed by atoms with Gasteiger partial charge in [0.25, 0.3) is 0 Å². The lowest BCUT2D eigenvalue weighted by molar-refractivity contribution is -0.116. The molecule has 1 aromatic heterocycles. The van der Waals surface area contributed by atoms with Gasteiger partial charge in [-0.25, -0.2) is 13.4 Å². The minimum atomic E-state index is -3.43. The summed E-state index contributed by atoms with van der Waals surface area (Å²) in [5.41, 5.74) is 0.832. The molecule has 1 heterocycles.